The molecule has 31 heavy (non-hydrogen) atoms. The number of hydrogen-bond donors (Lipinski definition) is 1. The molecule has 6 nitrogen and oxygen atoms in total. The molecule has 2 aromatic heterocycles. The van der Waals surface area contributed by atoms with Gasteiger partial charge in [-0.1, -0.05) is 36.4 Å². The first-order valence-corrected chi connectivity index (χ1v) is 9.36. The number of nitrogens with zero attached hydrogens (tertiary/aromatic N) is 3. The Kier molecular flexibility index (Phi) is 5.57. The molecule has 158 valence electrons. The number of benzene rings is 2. The molecule has 9 heteroatoms. The minimum Gasteiger partial charge on any atom is -0.489 e. The van der Waals surface area contributed by atoms with Crippen LogP contribution in [0, 0.1) is 0 Å². The number of amides is 1. The highest BCUT2D eigenvalue weighted by molar-refractivity contribution is 5.94. The molecule has 1 N–H and O–H groups in total. The zero-order valence-corrected chi connectivity index (χ0v) is 16.1. The summed E-state index contributed by atoms with van der Waals surface area (Å²) in [6.45, 7) is 0.273. The van der Waals surface area contributed by atoms with Crippen LogP contribution in [-0.4, -0.2) is 20.5 Å². The maximum absolute atomic E-state index is 13.0. The molecule has 0 spiro atoms. The minimum atomic E-state index is -4.49. The molecule has 2 heterocycles. The van der Waals surface area contributed by atoms with Gasteiger partial charge in [-0.15, -0.1) is 10.2 Å². The summed E-state index contributed by atoms with van der Waals surface area (Å²) in [6.07, 6.45) is -3.58. The third-order valence-corrected chi connectivity index (χ3v) is 4.55. The standard InChI is InChI=1S/C22H17F3N4O2/c23-22(24,25)17-9-10-19-27-28-20(29(19)13-17)12-26-21(30)16-7-4-8-18(11-16)31-14-15-5-2-1-3-6-15/h1-11,13H,12,14H2,(H,26,30). The van der Waals surface area contributed by atoms with Gasteiger partial charge in [0.1, 0.15) is 12.4 Å². The Bertz CT molecular complexity index is 1210. The summed E-state index contributed by atoms with van der Waals surface area (Å²) < 4.78 is 45.8. The second-order valence-corrected chi connectivity index (χ2v) is 6.74. The van der Waals surface area contributed by atoms with Crippen LogP contribution in [0.15, 0.2) is 72.9 Å². The third kappa shape index (κ3) is 4.82. The number of nitrogens with one attached hydrogen (secondary N) is 1. The zero-order chi connectivity index (χ0) is 21.8. The molecule has 0 atom stereocenters. The molecule has 2 aromatic carbocycles. The molecule has 0 unspecified atom stereocenters. The van der Waals surface area contributed by atoms with Crippen LogP contribution in [0.5, 0.6) is 5.75 Å². The van der Waals surface area contributed by atoms with Crippen molar-refractivity contribution in [3.8, 4) is 5.75 Å². The molecule has 4 aromatic rings. The van der Waals surface area contributed by atoms with Crippen LogP contribution in [0.25, 0.3) is 5.65 Å². The number of carbonyl (C=O) groups is 1. The Morgan fingerprint density at radius 1 is 1.00 bits per heavy atom. The van der Waals surface area contributed by atoms with Gasteiger partial charge < -0.3 is 10.1 Å². The van der Waals surface area contributed by atoms with Crippen LogP contribution in [0.2, 0.25) is 0 Å². The number of ether oxygens (including phenoxy) is 1. The number of fused-ring (bicyclic) bond motifs is 1. The van der Waals surface area contributed by atoms with E-state index < -0.39 is 17.6 Å². The van der Waals surface area contributed by atoms with Crippen LogP contribution in [0.4, 0.5) is 13.2 Å². The van der Waals surface area contributed by atoms with Crippen LogP contribution in [-0.2, 0) is 19.3 Å². The van der Waals surface area contributed by atoms with Gasteiger partial charge in [0.2, 0.25) is 0 Å². The van der Waals surface area contributed by atoms with Gasteiger partial charge in [0.15, 0.2) is 11.5 Å². The number of pyridine rings is 1. The van der Waals surface area contributed by atoms with Crippen molar-refractivity contribution in [1.82, 2.24) is 19.9 Å². The van der Waals surface area contributed by atoms with Crippen LogP contribution >= 0.6 is 0 Å². The van der Waals surface area contributed by atoms with E-state index in [0.29, 0.717) is 17.9 Å². The summed E-state index contributed by atoms with van der Waals surface area (Å²) in [5, 5.41) is 10.4. The fourth-order valence-electron chi connectivity index (χ4n) is 2.96. The predicted octanol–water partition coefficient (Wildman–Crippen LogP) is 4.26. The first-order valence-electron chi connectivity index (χ1n) is 9.36. The van der Waals surface area contributed by atoms with Gasteiger partial charge in [0, 0.05) is 11.8 Å². The van der Waals surface area contributed by atoms with E-state index in [1.165, 1.54) is 10.5 Å². The smallest absolute Gasteiger partial charge is 0.417 e. The van der Waals surface area contributed by atoms with E-state index in [9.17, 15) is 18.0 Å². The second kappa shape index (κ2) is 8.47. The Hall–Kier alpha value is -3.88. The van der Waals surface area contributed by atoms with E-state index in [1.54, 1.807) is 24.3 Å². The van der Waals surface area contributed by atoms with Crippen molar-refractivity contribution < 1.29 is 22.7 Å². The van der Waals surface area contributed by atoms with Crippen LogP contribution in [0.1, 0.15) is 27.3 Å². The monoisotopic (exact) mass is 426 g/mol. The molecule has 0 aliphatic heterocycles. The number of aromatic nitrogens is 3. The summed E-state index contributed by atoms with van der Waals surface area (Å²) in [5.41, 5.74) is 0.786. The van der Waals surface area contributed by atoms with Gasteiger partial charge in [-0.2, -0.15) is 13.2 Å². The van der Waals surface area contributed by atoms with E-state index in [0.717, 1.165) is 17.8 Å². The average Bonchev–Trinajstić information content (AvgIpc) is 3.19. The lowest BCUT2D eigenvalue weighted by Crippen LogP contribution is -2.24. The summed E-state index contributed by atoms with van der Waals surface area (Å²) >= 11 is 0. The average molecular weight is 426 g/mol. The lowest BCUT2D eigenvalue weighted by molar-refractivity contribution is -0.137. The molecule has 0 aliphatic rings. The highest BCUT2D eigenvalue weighted by Gasteiger charge is 2.31. The quantitative estimate of drug-likeness (QED) is 0.500. The van der Waals surface area contributed by atoms with Gasteiger partial charge in [-0.3, -0.25) is 9.20 Å². The summed E-state index contributed by atoms with van der Waals surface area (Å²) in [5.74, 6) is 0.305. The number of halogens is 3. The Labute approximate surface area is 175 Å². The van der Waals surface area contributed by atoms with Gasteiger partial charge in [-0.25, -0.2) is 0 Å². The summed E-state index contributed by atoms with van der Waals surface area (Å²) in [4.78, 5) is 12.5. The van der Waals surface area contributed by atoms with Crippen molar-refractivity contribution in [2.24, 2.45) is 0 Å². The Morgan fingerprint density at radius 3 is 2.58 bits per heavy atom. The molecule has 0 aliphatic carbocycles. The van der Waals surface area contributed by atoms with Crippen LogP contribution < -0.4 is 10.1 Å². The molecule has 0 saturated heterocycles. The zero-order valence-electron chi connectivity index (χ0n) is 16.1. The summed E-state index contributed by atoms with van der Waals surface area (Å²) in [6, 6.07) is 18.4. The van der Waals surface area contributed by atoms with Crippen molar-refractivity contribution in [1.29, 1.82) is 0 Å². The van der Waals surface area contributed by atoms with E-state index in [2.05, 4.69) is 15.5 Å². The molecular weight excluding hydrogens is 409 g/mol. The predicted molar refractivity (Wildman–Crippen MR) is 106 cm³/mol. The first-order chi connectivity index (χ1) is 14.9. The normalized spacial score (nSPS) is 11.5. The SMILES string of the molecule is O=C(NCc1nnc2ccc(C(F)(F)F)cn12)c1cccc(OCc2ccccc2)c1. The lowest BCUT2D eigenvalue weighted by Gasteiger charge is -2.09. The second-order valence-electron chi connectivity index (χ2n) is 6.74. The van der Waals surface area contributed by atoms with Gasteiger partial charge >= 0.3 is 6.18 Å². The van der Waals surface area contributed by atoms with Crippen molar-refractivity contribution in [3.05, 3.63) is 95.4 Å². The topological polar surface area (TPSA) is 68.5 Å². The fourth-order valence-corrected chi connectivity index (χ4v) is 2.96. The highest BCUT2D eigenvalue weighted by atomic mass is 19.4. The maximum atomic E-state index is 13.0. The van der Waals surface area contributed by atoms with Crippen molar-refractivity contribution in [3.63, 3.8) is 0 Å². The van der Waals surface area contributed by atoms with Crippen molar-refractivity contribution in [2.45, 2.75) is 19.3 Å². The van der Waals surface area contributed by atoms with Gasteiger partial charge in [-0.05, 0) is 35.9 Å². The molecule has 4 rings (SSSR count). The molecular formula is C22H17F3N4O2. The van der Waals surface area contributed by atoms with E-state index in [-0.39, 0.29) is 18.0 Å². The number of rotatable bonds is 6. The van der Waals surface area contributed by atoms with E-state index in [1.807, 2.05) is 30.3 Å². The fraction of sp³-hybridized carbons (Fsp3) is 0.136. The maximum Gasteiger partial charge on any atom is 0.417 e. The Morgan fingerprint density at radius 2 is 1.81 bits per heavy atom. The molecule has 0 bridgehead atoms. The lowest BCUT2D eigenvalue weighted by atomic mass is 10.2. The number of hydrogen-bond acceptors (Lipinski definition) is 4. The van der Waals surface area contributed by atoms with Gasteiger partial charge in [0.05, 0.1) is 12.1 Å². The summed E-state index contributed by atoms with van der Waals surface area (Å²) in [7, 11) is 0. The molecule has 0 radical (unpaired) electrons. The van der Waals surface area contributed by atoms with E-state index in [4.69, 9.17) is 4.74 Å². The molecule has 0 fully saturated rings. The minimum absolute atomic E-state index is 0.0869. The number of carbonyl (C=O) groups excluding carboxylic acids is 1. The van der Waals surface area contributed by atoms with Crippen molar-refractivity contribution in [2.75, 3.05) is 0 Å². The highest BCUT2D eigenvalue weighted by Crippen LogP contribution is 2.29. The number of alkyl halides is 3. The largest absolute Gasteiger partial charge is 0.489 e. The molecule has 1 amide bonds. The third-order valence-electron chi connectivity index (χ3n) is 4.55. The van der Waals surface area contributed by atoms with E-state index >= 15 is 0 Å². The Balaban J connectivity index is 1.43. The van der Waals surface area contributed by atoms with Crippen molar-refractivity contribution >= 4 is 11.6 Å². The van der Waals surface area contributed by atoms with Crippen LogP contribution in [0.3, 0.4) is 0 Å². The van der Waals surface area contributed by atoms with Gasteiger partial charge in [0.25, 0.3) is 5.91 Å². The molecule has 0 saturated carbocycles. The first kappa shape index (κ1) is 20.4.